The van der Waals surface area contributed by atoms with Crippen LogP contribution in [-0.4, -0.2) is 28.9 Å². The summed E-state index contributed by atoms with van der Waals surface area (Å²) >= 11 is 0. The summed E-state index contributed by atoms with van der Waals surface area (Å²) in [5.74, 6) is 0.734. The molecule has 0 saturated heterocycles. The Morgan fingerprint density at radius 1 is 1.30 bits per heavy atom. The summed E-state index contributed by atoms with van der Waals surface area (Å²) in [6, 6.07) is 0.0978. The van der Waals surface area contributed by atoms with Crippen LogP contribution < -0.4 is 5.14 Å². The van der Waals surface area contributed by atoms with Gasteiger partial charge in [0.15, 0.2) is 0 Å². The first-order valence-corrected chi connectivity index (χ1v) is 7.15. The highest BCUT2D eigenvalue weighted by molar-refractivity contribution is 8.75. The van der Waals surface area contributed by atoms with Gasteiger partial charge >= 0.3 is 8.80 Å². The first kappa shape index (κ1) is 10.8. The summed E-state index contributed by atoms with van der Waals surface area (Å²) < 4.78 is 0. The summed E-state index contributed by atoms with van der Waals surface area (Å²) in [6.07, 6.45) is 0.588. The molecule has 4 nitrogen and oxygen atoms in total. The van der Waals surface area contributed by atoms with Crippen LogP contribution in [0.25, 0.3) is 0 Å². The average molecular weight is 201 g/mol. The molecule has 0 rings (SSSR count). The van der Waals surface area contributed by atoms with Gasteiger partial charge < -0.3 is 14.4 Å². The lowest BCUT2D eigenvalue weighted by atomic mass is 10.6. The molecular formula is C3H11NO3S2Si. The summed E-state index contributed by atoms with van der Waals surface area (Å²) in [5.41, 5.74) is 0. The van der Waals surface area contributed by atoms with Crippen molar-refractivity contribution in [2.24, 2.45) is 5.14 Å². The molecule has 0 bridgehead atoms. The molecule has 0 unspecified atom stereocenters. The van der Waals surface area contributed by atoms with Crippen LogP contribution in [0.1, 0.15) is 6.42 Å². The van der Waals surface area contributed by atoms with Gasteiger partial charge in [-0.25, -0.2) is 0 Å². The average Bonchev–Trinajstić information content (AvgIpc) is 1.78. The predicted molar refractivity (Wildman–Crippen MR) is 46.1 cm³/mol. The zero-order valence-corrected chi connectivity index (χ0v) is 7.99. The minimum Gasteiger partial charge on any atom is -0.390 e. The van der Waals surface area contributed by atoms with Crippen molar-refractivity contribution in [1.29, 1.82) is 0 Å². The largest absolute Gasteiger partial charge is 0.492 e. The van der Waals surface area contributed by atoms with E-state index >= 15 is 0 Å². The van der Waals surface area contributed by atoms with Crippen LogP contribution >= 0.6 is 21.8 Å². The minimum absolute atomic E-state index is 0.0978. The van der Waals surface area contributed by atoms with Crippen LogP contribution in [0.3, 0.4) is 0 Å². The van der Waals surface area contributed by atoms with Crippen LogP contribution in [0.2, 0.25) is 6.04 Å². The van der Waals surface area contributed by atoms with E-state index in [1.54, 1.807) is 0 Å². The smallest absolute Gasteiger partial charge is 0.390 e. The zero-order chi connectivity index (χ0) is 8.04. The second-order valence-corrected chi connectivity index (χ2v) is 5.97. The third kappa shape index (κ3) is 8.76. The standard InChI is InChI=1S/C3H11NO3S2Si/c4-9-8-2-1-3-10(5,6)7/h5-7H,1-4H2. The second kappa shape index (κ2) is 5.41. The van der Waals surface area contributed by atoms with Gasteiger partial charge in [-0.05, 0) is 17.4 Å². The SMILES string of the molecule is NSSCCC[Si](O)(O)O. The molecule has 0 aromatic rings. The number of hydrogen-bond donors (Lipinski definition) is 4. The Bertz CT molecular complexity index is 88.3. The van der Waals surface area contributed by atoms with E-state index < -0.39 is 8.80 Å². The molecule has 62 valence electrons. The zero-order valence-electron chi connectivity index (χ0n) is 5.36. The molecule has 0 aliphatic carbocycles. The molecule has 10 heavy (non-hydrogen) atoms. The molecule has 0 radical (unpaired) electrons. The van der Waals surface area contributed by atoms with Crippen molar-refractivity contribution < 1.29 is 14.4 Å². The molecule has 0 aliphatic rings. The number of rotatable bonds is 5. The molecule has 5 N–H and O–H groups in total. The van der Waals surface area contributed by atoms with E-state index in [4.69, 9.17) is 19.5 Å². The first-order chi connectivity index (χ1) is 4.56. The molecular weight excluding hydrogens is 190 g/mol. The van der Waals surface area contributed by atoms with Gasteiger partial charge in [-0.2, -0.15) is 0 Å². The highest BCUT2D eigenvalue weighted by Crippen LogP contribution is 2.16. The number of hydrogen-bond acceptors (Lipinski definition) is 6. The van der Waals surface area contributed by atoms with Crippen LogP contribution in [-0.2, 0) is 0 Å². The molecule has 0 heterocycles. The van der Waals surface area contributed by atoms with Crippen LogP contribution in [0.5, 0.6) is 0 Å². The highest BCUT2D eigenvalue weighted by Gasteiger charge is 2.25. The lowest BCUT2D eigenvalue weighted by Gasteiger charge is -2.07. The van der Waals surface area contributed by atoms with Gasteiger partial charge in [0.2, 0.25) is 0 Å². The third-order valence-corrected chi connectivity index (χ3v) is 3.33. The van der Waals surface area contributed by atoms with E-state index in [2.05, 4.69) is 0 Å². The Labute approximate surface area is 68.7 Å². The fourth-order valence-electron chi connectivity index (χ4n) is 0.416. The van der Waals surface area contributed by atoms with Crippen molar-refractivity contribution in [3.63, 3.8) is 0 Å². The molecule has 0 atom stereocenters. The maximum atomic E-state index is 8.52. The Morgan fingerprint density at radius 2 is 1.90 bits per heavy atom. The Hall–Kier alpha value is 0.757. The van der Waals surface area contributed by atoms with Gasteiger partial charge in [0.05, 0.1) is 0 Å². The van der Waals surface area contributed by atoms with Crippen molar-refractivity contribution in [3.05, 3.63) is 0 Å². The van der Waals surface area contributed by atoms with Gasteiger partial charge in [0.25, 0.3) is 0 Å². The van der Waals surface area contributed by atoms with E-state index in [9.17, 15) is 0 Å². The molecule has 0 fully saturated rings. The molecule has 0 amide bonds. The van der Waals surface area contributed by atoms with Crippen molar-refractivity contribution in [1.82, 2.24) is 0 Å². The molecule has 0 aromatic heterocycles. The van der Waals surface area contributed by atoms with Crippen LogP contribution in [0.15, 0.2) is 0 Å². The van der Waals surface area contributed by atoms with Gasteiger partial charge in [-0.1, -0.05) is 10.8 Å². The summed E-state index contributed by atoms with van der Waals surface area (Å²) in [5, 5.41) is 5.08. The van der Waals surface area contributed by atoms with E-state index in [0.717, 1.165) is 16.7 Å². The summed E-state index contributed by atoms with van der Waals surface area (Å²) in [7, 11) is -1.20. The van der Waals surface area contributed by atoms with E-state index in [1.165, 1.54) is 10.8 Å². The van der Waals surface area contributed by atoms with Gasteiger partial charge in [0.1, 0.15) is 0 Å². The van der Waals surface area contributed by atoms with Crippen molar-refractivity contribution >= 4 is 30.6 Å². The Balaban J connectivity index is 3.04. The number of nitrogens with two attached hydrogens (primary N) is 1. The van der Waals surface area contributed by atoms with Gasteiger partial charge in [-0.15, -0.1) is 0 Å². The van der Waals surface area contributed by atoms with Gasteiger partial charge in [-0.3, -0.25) is 5.14 Å². The topological polar surface area (TPSA) is 86.7 Å². The summed E-state index contributed by atoms with van der Waals surface area (Å²) in [6.45, 7) is 0. The lowest BCUT2D eigenvalue weighted by Crippen LogP contribution is -2.34. The van der Waals surface area contributed by atoms with E-state index in [-0.39, 0.29) is 6.04 Å². The van der Waals surface area contributed by atoms with Crippen molar-refractivity contribution in [2.45, 2.75) is 12.5 Å². The quantitative estimate of drug-likeness (QED) is 0.209. The van der Waals surface area contributed by atoms with Crippen molar-refractivity contribution in [2.75, 3.05) is 5.75 Å². The van der Waals surface area contributed by atoms with Gasteiger partial charge in [0, 0.05) is 11.8 Å². The first-order valence-electron chi connectivity index (χ1n) is 2.72. The molecule has 0 spiro atoms. The predicted octanol–water partition coefficient (Wildman–Crippen LogP) is -0.453. The molecule has 0 aliphatic heterocycles. The van der Waals surface area contributed by atoms with Crippen molar-refractivity contribution in [3.8, 4) is 0 Å². The van der Waals surface area contributed by atoms with E-state index in [1.807, 2.05) is 0 Å². The second-order valence-electron chi connectivity index (χ2n) is 1.80. The molecule has 7 heteroatoms. The fourth-order valence-corrected chi connectivity index (χ4v) is 2.32. The Kier molecular flexibility index (Phi) is 5.82. The fraction of sp³-hybridized carbons (Fsp3) is 1.00. The minimum atomic E-state index is -3.77. The van der Waals surface area contributed by atoms with Crippen LogP contribution in [0, 0.1) is 0 Å². The molecule has 0 saturated carbocycles. The maximum absolute atomic E-state index is 8.52. The van der Waals surface area contributed by atoms with E-state index in [0.29, 0.717) is 6.42 Å². The summed E-state index contributed by atoms with van der Waals surface area (Å²) in [4.78, 5) is 25.6. The lowest BCUT2D eigenvalue weighted by molar-refractivity contribution is 0.227. The molecule has 0 aromatic carbocycles. The third-order valence-electron chi connectivity index (χ3n) is 0.808. The highest BCUT2D eigenvalue weighted by atomic mass is 33.1. The Morgan fingerprint density at radius 3 is 2.30 bits per heavy atom. The monoisotopic (exact) mass is 201 g/mol. The normalized spacial score (nSPS) is 12.0. The van der Waals surface area contributed by atoms with Crippen LogP contribution in [0.4, 0.5) is 0 Å². The maximum Gasteiger partial charge on any atom is 0.492 e.